The summed E-state index contributed by atoms with van der Waals surface area (Å²) in [6.07, 6.45) is 1.80. The van der Waals surface area contributed by atoms with Crippen LogP contribution in [0.4, 0.5) is 10.1 Å². The Balaban J connectivity index is 1.69. The maximum atomic E-state index is 15.1. The molecule has 1 fully saturated rings. The fourth-order valence-electron chi connectivity index (χ4n) is 4.87. The number of carbonyl (C=O) groups excluding carboxylic acids is 4. The lowest BCUT2D eigenvalue weighted by Gasteiger charge is -2.47. The van der Waals surface area contributed by atoms with E-state index in [9.17, 15) is 19.2 Å². The lowest BCUT2D eigenvalue weighted by atomic mass is 9.96. The van der Waals surface area contributed by atoms with Crippen molar-refractivity contribution < 1.29 is 23.6 Å². The summed E-state index contributed by atoms with van der Waals surface area (Å²) in [4.78, 5) is 54.9. The summed E-state index contributed by atoms with van der Waals surface area (Å²) < 4.78 is 16.6. The molecule has 11 nitrogen and oxygen atoms in total. The molecule has 2 aromatic rings. The van der Waals surface area contributed by atoms with Crippen LogP contribution in [0, 0.1) is 5.82 Å². The van der Waals surface area contributed by atoms with Crippen LogP contribution in [0.1, 0.15) is 57.1 Å². The highest BCUT2D eigenvalue weighted by Crippen LogP contribution is 2.23. The number of piperazine rings is 1. The monoisotopic (exact) mass is 557 g/mol. The van der Waals surface area contributed by atoms with E-state index >= 15 is 4.39 Å². The molecule has 0 aliphatic carbocycles. The van der Waals surface area contributed by atoms with Crippen molar-refractivity contribution >= 4 is 29.3 Å². The Kier molecular flexibility index (Phi) is 10.0. The van der Waals surface area contributed by atoms with Crippen LogP contribution in [0.5, 0.6) is 0 Å². The molecular weight excluding hydrogens is 517 g/mol. The molecule has 2 atom stereocenters. The molecule has 0 unspecified atom stereocenters. The highest BCUT2D eigenvalue weighted by atomic mass is 19.1. The van der Waals surface area contributed by atoms with Gasteiger partial charge < -0.3 is 25.8 Å². The number of nitrogens with zero attached hydrogens (tertiary/aromatic N) is 4. The number of nitrogens with one attached hydrogen (secondary N) is 3. The van der Waals surface area contributed by atoms with Gasteiger partial charge in [-0.25, -0.2) is 4.39 Å². The van der Waals surface area contributed by atoms with Crippen molar-refractivity contribution in [2.75, 3.05) is 32.0 Å². The smallest absolute Gasteiger partial charge is 0.270 e. The minimum atomic E-state index is -0.940. The highest BCUT2D eigenvalue weighted by Gasteiger charge is 2.38. The number of carbonyl (C=O) groups is 4. The van der Waals surface area contributed by atoms with Crippen LogP contribution < -0.4 is 16.0 Å². The standard InChI is InChI=1S/C28H40FN7O4/c1-7-24(37)32-22(27(40)35-14-13-34(6)17-28(35,4)5)16-19-9-10-21(20(29)15-19)33-25(38)18(3)31-26(39)23-11-12-30-36(23)8-2/h9-12,15,18,22H,7-8,13-14,16-17H2,1-6H3,(H,31,39)(H,32,37)(H,33,38)/t18-,22+/m0/s1. The number of halogens is 1. The van der Waals surface area contributed by atoms with Crippen LogP contribution in [0.3, 0.4) is 0 Å². The molecule has 0 spiro atoms. The zero-order chi connectivity index (χ0) is 29.6. The van der Waals surface area contributed by atoms with Gasteiger partial charge in [-0.1, -0.05) is 13.0 Å². The minimum Gasteiger partial charge on any atom is -0.344 e. The van der Waals surface area contributed by atoms with Gasteiger partial charge in [-0.2, -0.15) is 5.10 Å². The Morgan fingerprint density at radius 3 is 2.45 bits per heavy atom. The molecule has 218 valence electrons. The van der Waals surface area contributed by atoms with Gasteiger partial charge in [0.25, 0.3) is 5.91 Å². The molecule has 3 rings (SSSR count). The predicted octanol–water partition coefficient (Wildman–Crippen LogP) is 1.79. The van der Waals surface area contributed by atoms with E-state index in [1.54, 1.807) is 24.0 Å². The van der Waals surface area contributed by atoms with Crippen molar-refractivity contribution in [3.8, 4) is 0 Å². The van der Waals surface area contributed by atoms with E-state index in [4.69, 9.17) is 0 Å². The number of hydrogen-bond acceptors (Lipinski definition) is 6. The summed E-state index contributed by atoms with van der Waals surface area (Å²) in [5, 5.41) is 11.9. The van der Waals surface area contributed by atoms with Gasteiger partial charge in [0.15, 0.2) is 0 Å². The van der Waals surface area contributed by atoms with Gasteiger partial charge in [0.05, 0.1) is 11.2 Å². The minimum absolute atomic E-state index is 0.0610. The predicted molar refractivity (Wildman–Crippen MR) is 149 cm³/mol. The molecular formula is C28H40FN7O4. The van der Waals surface area contributed by atoms with Gasteiger partial charge in [-0.05, 0) is 58.5 Å². The molecule has 1 aromatic heterocycles. The van der Waals surface area contributed by atoms with Crippen molar-refractivity contribution in [3.05, 3.63) is 47.5 Å². The van der Waals surface area contributed by atoms with E-state index in [0.717, 1.165) is 0 Å². The summed E-state index contributed by atoms with van der Waals surface area (Å²) in [6, 6.07) is 4.01. The van der Waals surface area contributed by atoms with Crippen LogP contribution in [-0.2, 0) is 27.3 Å². The van der Waals surface area contributed by atoms with Crippen molar-refractivity contribution in [1.82, 2.24) is 30.2 Å². The van der Waals surface area contributed by atoms with Gasteiger partial charge in [-0.3, -0.25) is 23.9 Å². The van der Waals surface area contributed by atoms with Crippen LogP contribution in [0.15, 0.2) is 30.5 Å². The first kappa shape index (κ1) is 30.7. The first-order chi connectivity index (χ1) is 18.9. The van der Waals surface area contributed by atoms with E-state index in [-0.39, 0.29) is 30.3 Å². The van der Waals surface area contributed by atoms with E-state index in [1.807, 2.05) is 27.8 Å². The number of aryl methyl sites for hydroxylation is 1. The third kappa shape index (κ3) is 7.44. The molecule has 4 amide bonds. The summed E-state index contributed by atoms with van der Waals surface area (Å²) in [7, 11) is 2.00. The zero-order valence-electron chi connectivity index (χ0n) is 24.1. The second-order valence-electron chi connectivity index (χ2n) is 10.7. The Labute approximate surface area is 234 Å². The van der Waals surface area contributed by atoms with E-state index in [0.29, 0.717) is 37.4 Å². The summed E-state index contributed by atoms with van der Waals surface area (Å²) in [5.74, 6) is -2.24. The largest absolute Gasteiger partial charge is 0.344 e. The third-order valence-electron chi connectivity index (χ3n) is 7.03. The number of hydrogen-bond donors (Lipinski definition) is 3. The number of benzene rings is 1. The second-order valence-corrected chi connectivity index (χ2v) is 10.7. The van der Waals surface area contributed by atoms with Gasteiger partial charge in [0, 0.05) is 45.2 Å². The lowest BCUT2D eigenvalue weighted by Crippen LogP contribution is -2.64. The molecule has 0 radical (unpaired) electrons. The molecule has 0 bridgehead atoms. The Bertz CT molecular complexity index is 1240. The Hall–Kier alpha value is -3.80. The Morgan fingerprint density at radius 2 is 1.82 bits per heavy atom. The molecule has 3 N–H and O–H groups in total. The molecule has 1 aliphatic heterocycles. The molecule has 40 heavy (non-hydrogen) atoms. The van der Waals surface area contributed by atoms with Crippen LogP contribution in [-0.4, -0.2) is 87.5 Å². The average molecular weight is 558 g/mol. The van der Waals surface area contributed by atoms with Crippen molar-refractivity contribution in [2.24, 2.45) is 0 Å². The normalized spacial score (nSPS) is 16.6. The first-order valence-electron chi connectivity index (χ1n) is 13.6. The molecule has 12 heteroatoms. The maximum absolute atomic E-state index is 15.1. The zero-order valence-corrected chi connectivity index (χ0v) is 24.1. The van der Waals surface area contributed by atoms with Crippen LogP contribution in [0.25, 0.3) is 0 Å². The molecule has 0 saturated carbocycles. The number of likely N-dealkylation sites (N-methyl/N-ethyl adjacent to an activating group) is 1. The number of anilines is 1. The first-order valence-corrected chi connectivity index (χ1v) is 13.6. The van der Waals surface area contributed by atoms with Crippen molar-refractivity contribution in [3.63, 3.8) is 0 Å². The fraction of sp³-hybridized carbons (Fsp3) is 0.536. The van der Waals surface area contributed by atoms with Gasteiger partial charge in [0.1, 0.15) is 23.6 Å². The quantitative estimate of drug-likeness (QED) is 0.409. The highest BCUT2D eigenvalue weighted by molar-refractivity contribution is 6.00. The van der Waals surface area contributed by atoms with E-state index in [2.05, 4.69) is 25.9 Å². The Morgan fingerprint density at radius 1 is 1.10 bits per heavy atom. The van der Waals surface area contributed by atoms with Crippen molar-refractivity contribution in [2.45, 2.75) is 71.6 Å². The summed E-state index contributed by atoms with van der Waals surface area (Å²) >= 11 is 0. The SMILES string of the molecule is CCC(=O)N[C@H](Cc1ccc(NC(=O)[C@H](C)NC(=O)c2ccnn2CC)c(F)c1)C(=O)N1CCN(C)CC1(C)C. The van der Waals surface area contributed by atoms with Crippen LogP contribution in [0.2, 0.25) is 0 Å². The third-order valence-corrected chi connectivity index (χ3v) is 7.03. The van der Waals surface area contributed by atoms with Gasteiger partial charge in [-0.15, -0.1) is 0 Å². The van der Waals surface area contributed by atoms with Crippen molar-refractivity contribution in [1.29, 1.82) is 0 Å². The number of rotatable bonds is 10. The van der Waals surface area contributed by atoms with E-state index in [1.165, 1.54) is 29.9 Å². The molecule has 2 heterocycles. The molecule has 1 aromatic carbocycles. The summed E-state index contributed by atoms with van der Waals surface area (Å²) in [6.45, 7) is 11.4. The molecule has 1 aliphatic rings. The topological polar surface area (TPSA) is 129 Å². The number of amides is 4. The number of aromatic nitrogens is 2. The second kappa shape index (κ2) is 13.0. The van der Waals surface area contributed by atoms with Crippen LogP contribution >= 0.6 is 0 Å². The van der Waals surface area contributed by atoms with Gasteiger partial charge >= 0.3 is 0 Å². The summed E-state index contributed by atoms with van der Waals surface area (Å²) in [5.41, 5.74) is 0.318. The van der Waals surface area contributed by atoms with Gasteiger partial charge in [0.2, 0.25) is 17.7 Å². The lowest BCUT2D eigenvalue weighted by molar-refractivity contribution is -0.144. The average Bonchev–Trinajstić information content (AvgIpc) is 3.38. The maximum Gasteiger partial charge on any atom is 0.270 e. The molecule has 1 saturated heterocycles. The fourth-order valence-corrected chi connectivity index (χ4v) is 4.87. The van der Waals surface area contributed by atoms with E-state index < -0.39 is 35.3 Å².